The average Bonchev–Trinajstić information content (AvgIpc) is 2.53. The number of carboxylic acids is 1. The SMILES string of the molecule is CCCC[P+](CCCC)(CCCC)CCCC.CN(C)CC(=O)[O-]. The summed E-state index contributed by atoms with van der Waals surface area (Å²) in [5.74, 6) is -1.04. The van der Waals surface area contributed by atoms with Crippen molar-refractivity contribution in [1.29, 1.82) is 0 Å². The summed E-state index contributed by atoms with van der Waals surface area (Å²) in [6, 6.07) is 0. The second kappa shape index (κ2) is 17.7. The van der Waals surface area contributed by atoms with Crippen LogP contribution >= 0.6 is 7.26 Å². The van der Waals surface area contributed by atoms with Crippen LogP contribution in [0.3, 0.4) is 0 Å². The van der Waals surface area contributed by atoms with Crippen LogP contribution in [0, 0.1) is 0 Å². The lowest BCUT2D eigenvalue weighted by atomic mass is 10.4. The Bertz CT molecular complexity index is 245. The van der Waals surface area contributed by atoms with Crippen molar-refractivity contribution in [3.8, 4) is 0 Å². The van der Waals surface area contributed by atoms with E-state index >= 15 is 0 Å². The molecule has 0 bridgehead atoms. The van der Waals surface area contributed by atoms with E-state index < -0.39 is 13.2 Å². The molecular weight excluding hydrogens is 317 g/mol. The fraction of sp³-hybridized carbons (Fsp3) is 0.950. The maximum absolute atomic E-state index is 9.66. The molecule has 0 aromatic heterocycles. The second-order valence-corrected chi connectivity index (χ2v) is 11.7. The third-order valence-corrected chi connectivity index (χ3v) is 9.45. The van der Waals surface area contributed by atoms with E-state index in [-0.39, 0.29) is 6.54 Å². The summed E-state index contributed by atoms with van der Waals surface area (Å²) >= 11 is 0. The number of aliphatic carboxylic acids is 1. The van der Waals surface area contributed by atoms with Crippen molar-refractivity contribution >= 4 is 13.2 Å². The van der Waals surface area contributed by atoms with Crippen LogP contribution in [-0.4, -0.2) is 56.2 Å². The Kier molecular flexibility index (Phi) is 19.2. The smallest absolute Gasteiger partial charge is 0.0594 e. The monoisotopic (exact) mass is 361 g/mol. The van der Waals surface area contributed by atoms with Gasteiger partial charge < -0.3 is 14.8 Å². The molecule has 0 aliphatic heterocycles. The fourth-order valence-electron chi connectivity index (χ4n) is 2.90. The van der Waals surface area contributed by atoms with Gasteiger partial charge in [0.2, 0.25) is 0 Å². The van der Waals surface area contributed by atoms with Crippen molar-refractivity contribution in [2.24, 2.45) is 0 Å². The summed E-state index contributed by atoms with van der Waals surface area (Å²) in [4.78, 5) is 11.2. The van der Waals surface area contributed by atoms with Crippen LogP contribution in [0.15, 0.2) is 0 Å². The van der Waals surface area contributed by atoms with Crippen molar-refractivity contribution in [3.63, 3.8) is 0 Å². The zero-order valence-corrected chi connectivity index (χ0v) is 18.3. The lowest BCUT2D eigenvalue weighted by Crippen LogP contribution is -2.33. The van der Waals surface area contributed by atoms with Crippen molar-refractivity contribution in [3.05, 3.63) is 0 Å². The van der Waals surface area contributed by atoms with E-state index in [1.165, 1.54) is 56.3 Å². The van der Waals surface area contributed by atoms with Gasteiger partial charge in [0.05, 0.1) is 30.6 Å². The number of rotatable bonds is 14. The number of carboxylic acid groups (broad SMARTS) is 1. The molecule has 3 nitrogen and oxygen atoms in total. The van der Waals surface area contributed by atoms with E-state index in [0.717, 1.165) is 0 Å². The number of carbonyl (C=O) groups is 1. The molecule has 0 saturated heterocycles. The Hall–Kier alpha value is -0.140. The molecule has 0 aromatic carbocycles. The maximum Gasteiger partial charge on any atom is 0.0594 e. The van der Waals surface area contributed by atoms with Crippen LogP contribution < -0.4 is 5.11 Å². The zero-order valence-electron chi connectivity index (χ0n) is 17.4. The molecule has 0 heterocycles. The highest BCUT2D eigenvalue weighted by Gasteiger charge is 2.34. The third kappa shape index (κ3) is 16.7. The molecule has 24 heavy (non-hydrogen) atoms. The Labute approximate surface area is 152 Å². The van der Waals surface area contributed by atoms with E-state index in [1.54, 1.807) is 38.7 Å². The highest BCUT2D eigenvalue weighted by molar-refractivity contribution is 7.75. The summed E-state index contributed by atoms with van der Waals surface area (Å²) in [6.45, 7) is 9.42. The third-order valence-electron chi connectivity index (χ3n) is 4.39. The van der Waals surface area contributed by atoms with Gasteiger partial charge in [-0.3, -0.25) is 0 Å². The molecular formula is C20H44NO2P. The Morgan fingerprint density at radius 3 is 1.17 bits per heavy atom. The number of carbonyl (C=O) groups excluding carboxylic acids is 1. The number of likely N-dealkylation sites (N-methyl/N-ethyl adjacent to an activating group) is 1. The molecule has 146 valence electrons. The molecule has 0 unspecified atom stereocenters. The van der Waals surface area contributed by atoms with Gasteiger partial charge in [0.1, 0.15) is 0 Å². The van der Waals surface area contributed by atoms with Crippen LogP contribution in [-0.2, 0) is 4.79 Å². The van der Waals surface area contributed by atoms with Gasteiger partial charge in [-0.25, -0.2) is 0 Å². The first-order chi connectivity index (χ1) is 11.4. The van der Waals surface area contributed by atoms with Gasteiger partial charge in [-0.1, -0.05) is 53.4 Å². The number of hydrogen-bond acceptors (Lipinski definition) is 3. The van der Waals surface area contributed by atoms with E-state index in [9.17, 15) is 9.90 Å². The predicted molar refractivity (Wildman–Crippen MR) is 110 cm³/mol. The molecule has 0 radical (unpaired) electrons. The van der Waals surface area contributed by atoms with Crippen LogP contribution in [0.5, 0.6) is 0 Å². The zero-order chi connectivity index (χ0) is 18.8. The maximum atomic E-state index is 9.66. The standard InChI is InChI=1S/C16H36P.C4H9NO2/c1-5-9-13-17(14-10-6-2,15-11-7-3)16-12-8-4;1-5(2)3-4(6)7/h5-16H2,1-4H3;3H2,1-2H3,(H,6,7)/q+1;/p-1. The molecule has 0 fully saturated rings. The predicted octanol–water partition coefficient (Wildman–Crippen LogP) is 4.50. The molecule has 0 aromatic rings. The fourth-order valence-corrected chi connectivity index (χ4v) is 8.19. The topological polar surface area (TPSA) is 43.4 Å². The van der Waals surface area contributed by atoms with E-state index in [0.29, 0.717) is 0 Å². The van der Waals surface area contributed by atoms with Gasteiger partial charge in [-0.05, 0) is 39.8 Å². The highest BCUT2D eigenvalue weighted by Crippen LogP contribution is 2.61. The summed E-state index contributed by atoms with van der Waals surface area (Å²) in [7, 11) is 2.79. The quantitative estimate of drug-likeness (QED) is 0.428. The van der Waals surface area contributed by atoms with E-state index in [4.69, 9.17) is 0 Å². The molecule has 0 aliphatic carbocycles. The first kappa shape index (κ1) is 26.1. The van der Waals surface area contributed by atoms with Crippen LogP contribution in [0.25, 0.3) is 0 Å². The second-order valence-electron chi connectivity index (χ2n) is 7.26. The molecule has 0 aliphatic rings. The molecule has 0 rings (SSSR count). The number of hydrogen-bond donors (Lipinski definition) is 0. The summed E-state index contributed by atoms with van der Waals surface area (Å²) in [6.07, 6.45) is 17.9. The van der Waals surface area contributed by atoms with Crippen LogP contribution in [0.2, 0.25) is 0 Å². The van der Waals surface area contributed by atoms with Crippen LogP contribution in [0.1, 0.15) is 79.1 Å². The van der Waals surface area contributed by atoms with Crippen molar-refractivity contribution in [2.45, 2.75) is 79.1 Å². The lowest BCUT2D eigenvalue weighted by molar-refractivity contribution is -0.305. The van der Waals surface area contributed by atoms with Crippen LogP contribution in [0.4, 0.5) is 0 Å². The first-order valence-electron chi connectivity index (χ1n) is 10.1. The highest BCUT2D eigenvalue weighted by atomic mass is 31.2. The minimum atomic E-state index is -1.04. The van der Waals surface area contributed by atoms with Crippen molar-refractivity contribution < 1.29 is 9.90 Å². The van der Waals surface area contributed by atoms with E-state index in [1.807, 2.05) is 0 Å². The van der Waals surface area contributed by atoms with Gasteiger partial charge in [0.25, 0.3) is 0 Å². The molecule has 4 heteroatoms. The summed E-state index contributed by atoms with van der Waals surface area (Å²) in [5, 5.41) is 9.66. The van der Waals surface area contributed by atoms with Gasteiger partial charge in [0, 0.05) is 13.8 Å². The lowest BCUT2D eigenvalue weighted by Gasteiger charge is -2.28. The van der Waals surface area contributed by atoms with E-state index in [2.05, 4.69) is 27.7 Å². The summed E-state index contributed by atoms with van der Waals surface area (Å²) < 4.78 is 0. The molecule has 0 N–H and O–H groups in total. The number of unbranched alkanes of at least 4 members (excludes halogenated alkanes) is 4. The molecule has 0 saturated carbocycles. The summed E-state index contributed by atoms with van der Waals surface area (Å²) in [5.41, 5.74) is 0. The van der Waals surface area contributed by atoms with Crippen molar-refractivity contribution in [1.82, 2.24) is 4.90 Å². The van der Waals surface area contributed by atoms with Crippen molar-refractivity contribution in [2.75, 3.05) is 45.3 Å². The largest absolute Gasteiger partial charge is 0.549 e. The average molecular weight is 362 g/mol. The number of nitrogens with zero attached hydrogens (tertiary/aromatic N) is 1. The molecule has 0 amide bonds. The minimum Gasteiger partial charge on any atom is -0.549 e. The Balaban J connectivity index is 0. The van der Waals surface area contributed by atoms with Gasteiger partial charge in [-0.2, -0.15) is 0 Å². The van der Waals surface area contributed by atoms with Gasteiger partial charge in [-0.15, -0.1) is 0 Å². The normalized spacial score (nSPS) is 11.3. The molecule has 0 spiro atoms. The molecule has 0 atom stereocenters. The minimum absolute atomic E-state index is 0. The van der Waals surface area contributed by atoms with Gasteiger partial charge in [0.15, 0.2) is 0 Å². The Morgan fingerprint density at radius 1 is 0.750 bits per heavy atom. The first-order valence-corrected chi connectivity index (χ1v) is 12.6. The Morgan fingerprint density at radius 2 is 1.04 bits per heavy atom. The van der Waals surface area contributed by atoms with Gasteiger partial charge >= 0.3 is 0 Å².